The predicted molar refractivity (Wildman–Crippen MR) is 123 cm³/mol. The summed E-state index contributed by atoms with van der Waals surface area (Å²) < 4.78 is 1.92. The summed E-state index contributed by atoms with van der Waals surface area (Å²) >= 11 is 9.20. The number of halogens is 1. The van der Waals surface area contributed by atoms with E-state index in [0.29, 0.717) is 15.6 Å². The van der Waals surface area contributed by atoms with Gasteiger partial charge in [0.1, 0.15) is 9.88 Å². The van der Waals surface area contributed by atoms with Crippen molar-refractivity contribution in [1.82, 2.24) is 24.9 Å². The van der Waals surface area contributed by atoms with E-state index in [1.165, 1.54) is 11.3 Å². The third-order valence-corrected chi connectivity index (χ3v) is 6.73. The van der Waals surface area contributed by atoms with Crippen LogP contribution in [0.25, 0.3) is 16.2 Å². The van der Waals surface area contributed by atoms with Crippen LogP contribution in [0.2, 0.25) is 5.02 Å². The molecule has 4 rings (SSSR count). The van der Waals surface area contributed by atoms with E-state index in [1.54, 1.807) is 11.8 Å². The van der Waals surface area contributed by atoms with Crippen LogP contribution in [-0.2, 0) is 0 Å². The van der Waals surface area contributed by atoms with E-state index in [4.69, 9.17) is 11.6 Å². The lowest BCUT2D eigenvalue weighted by atomic mass is 10.2. The molecule has 6 nitrogen and oxygen atoms in total. The minimum atomic E-state index is -0.251. The average molecular weight is 458 g/mol. The molecule has 9 heteroatoms. The van der Waals surface area contributed by atoms with Gasteiger partial charge in [0.15, 0.2) is 11.5 Å². The quantitative estimate of drug-likeness (QED) is 0.421. The molecule has 3 heterocycles. The van der Waals surface area contributed by atoms with Crippen molar-refractivity contribution in [2.45, 2.75) is 19.4 Å². The van der Waals surface area contributed by atoms with Crippen molar-refractivity contribution < 1.29 is 4.79 Å². The molecule has 1 aromatic carbocycles. The summed E-state index contributed by atoms with van der Waals surface area (Å²) in [4.78, 5) is 18.3. The fourth-order valence-corrected chi connectivity index (χ4v) is 4.80. The van der Waals surface area contributed by atoms with Gasteiger partial charge >= 0.3 is 0 Å². The molecular weight excluding hydrogens is 438 g/mol. The molecular formula is C21H20ClN5OS2. The Morgan fingerprint density at radius 2 is 2.13 bits per heavy atom. The first-order valence-electron chi connectivity index (χ1n) is 9.39. The van der Waals surface area contributed by atoms with Gasteiger partial charge in [0.2, 0.25) is 0 Å². The average Bonchev–Trinajstić information content (AvgIpc) is 3.35. The normalized spacial score (nSPS) is 12.2. The molecule has 0 aliphatic rings. The van der Waals surface area contributed by atoms with Crippen molar-refractivity contribution in [3.05, 3.63) is 70.1 Å². The van der Waals surface area contributed by atoms with E-state index in [0.717, 1.165) is 34.2 Å². The second-order valence-electron chi connectivity index (χ2n) is 6.74. The third-order valence-electron chi connectivity index (χ3n) is 4.64. The molecule has 1 unspecified atom stereocenters. The first kappa shape index (κ1) is 20.8. The summed E-state index contributed by atoms with van der Waals surface area (Å²) in [5, 5.41) is 13.1. The van der Waals surface area contributed by atoms with Gasteiger partial charge in [-0.2, -0.15) is 11.8 Å². The molecule has 1 amide bonds. The molecule has 30 heavy (non-hydrogen) atoms. The summed E-state index contributed by atoms with van der Waals surface area (Å²) in [7, 11) is 0. The highest BCUT2D eigenvalue weighted by atomic mass is 35.5. The molecule has 0 bridgehead atoms. The van der Waals surface area contributed by atoms with E-state index in [2.05, 4.69) is 20.5 Å². The number of rotatable bonds is 7. The lowest BCUT2D eigenvalue weighted by Gasteiger charge is -2.16. The third kappa shape index (κ3) is 4.35. The van der Waals surface area contributed by atoms with Crippen molar-refractivity contribution >= 4 is 46.3 Å². The molecule has 0 fully saturated rings. The van der Waals surface area contributed by atoms with Crippen molar-refractivity contribution in [3.63, 3.8) is 0 Å². The molecule has 154 valence electrons. The number of aryl methyl sites for hydroxylation is 1. The summed E-state index contributed by atoms with van der Waals surface area (Å²) in [6, 6.07) is 13.0. The molecule has 0 aliphatic heterocycles. The van der Waals surface area contributed by atoms with Crippen molar-refractivity contribution in [2.75, 3.05) is 12.0 Å². The number of fused-ring (bicyclic) bond motifs is 1. The van der Waals surface area contributed by atoms with Crippen LogP contribution in [-0.4, -0.2) is 37.5 Å². The maximum Gasteiger partial charge on any atom is 0.263 e. The van der Waals surface area contributed by atoms with Crippen LogP contribution >= 0.6 is 34.7 Å². The minimum absolute atomic E-state index is 0.155. The molecule has 0 radical (unpaired) electrons. The number of hydrogen-bond acceptors (Lipinski definition) is 6. The monoisotopic (exact) mass is 457 g/mol. The lowest BCUT2D eigenvalue weighted by Crippen LogP contribution is -2.30. The predicted octanol–water partition coefficient (Wildman–Crippen LogP) is 5.04. The van der Waals surface area contributed by atoms with Gasteiger partial charge in [-0.15, -0.1) is 21.5 Å². The van der Waals surface area contributed by atoms with Crippen LogP contribution in [0.1, 0.15) is 33.7 Å². The van der Waals surface area contributed by atoms with Gasteiger partial charge < -0.3 is 5.32 Å². The van der Waals surface area contributed by atoms with Gasteiger partial charge in [0.25, 0.3) is 5.91 Å². The lowest BCUT2D eigenvalue weighted by molar-refractivity contribution is 0.0937. The summed E-state index contributed by atoms with van der Waals surface area (Å²) in [5.74, 6) is 1.46. The van der Waals surface area contributed by atoms with E-state index in [9.17, 15) is 4.79 Å². The fraction of sp³-hybridized carbons (Fsp3) is 0.238. The Labute approximate surface area is 187 Å². The highest BCUT2D eigenvalue weighted by Gasteiger charge is 2.23. The smallest absolute Gasteiger partial charge is 0.263 e. The van der Waals surface area contributed by atoms with Crippen LogP contribution < -0.4 is 5.32 Å². The Morgan fingerprint density at radius 3 is 2.93 bits per heavy atom. The number of amides is 1. The standard InChI is InChI=1S/C21H20ClN5OS2/c1-13-18(30-21(23-13)14-6-5-7-15(22)12-14)20(28)24-16(9-11-29-2)19-26-25-17-8-3-4-10-27(17)19/h3-8,10,12,16H,9,11H2,1-2H3,(H,24,28). The SMILES string of the molecule is CSCCC(NC(=O)c1sc(-c2cccc(Cl)c2)nc1C)c1nnc2ccccn12. The maximum absolute atomic E-state index is 13.2. The Bertz CT molecular complexity index is 1190. The largest absolute Gasteiger partial charge is 0.341 e. The number of nitrogens with one attached hydrogen (secondary N) is 1. The molecule has 4 aromatic rings. The molecule has 0 saturated carbocycles. The Balaban J connectivity index is 1.61. The second kappa shape index (κ2) is 9.16. The van der Waals surface area contributed by atoms with Crippen LogP contribution in [0.5, 0.6) is 0 Å². The summed E-state index contributed by atoms with van der Waals surface area (Å²) in [5.41, 5.74) is 2.35. The number of nitrogens with zero attached hydrogens (tertiary/aromatic N) is 4. The number of thioether (sulfide) groups is 1. The van der Waals surface area contributed by atoms with Crippen molar-refractivity contribution in [2.24, 2.45) is 0 Å². The Hall–Kier alpha value is -2.42. The van der Waals surface area contributed by atoms with Gasteiger partial charge in [-0.25, -0.2) is 4.98 Å². The van der Waals surface area contributed by atoms with Gasteiger partial charge in [0.05, 0.1) is 11.7 Å². The number of pyridine rings is 1. The maximum atomic E-state index is 13.2. The molecule has 0 spiro atoms. The van der Waals surface area contributed by atoms with Gasteiger partial charge in [0, 0.05) is 16.8 Å². The zero-order valence-electron chi connectivity index (χ0n) is 16.5. The molecule has 1 atom stereocenters. The topological polar surface area (TPSA) is 72.2 Å². The summed E-state index contributed by atoms with van der Waals surface area (Å²) in [6.45, 7) is 1.85. The van der Waals surface area contributed by atoms with E-state index >= 15 is 0 Å². The first-order valence-corrected chi connectivity index (χ1v) is 12.0. The van der Waals surface area contributed by atoms with E-state index < -0.39 is 0 Å². The van der Waals surface area contributed by atoms with Crippen LogP contribution in [0.3, 0.4) is 0 Å². The number of hydrogen-bond donors (Lipinski definition) is 1. The minimum Gasteiger partial charge on any atom is -0.341 e. The number of benzene rings is 1. The van der Waals surface area contributed by atoms with Crippen molar-refractivity contribution in [1.29, 1.82) is 0 Å². The zero-order valence-corrected chi connectivity index (χ0v) is 18.9. The highest BCUT2D eigenvalue weighted by molar-refractivity contribution is 7.98. The van der Waals surface area contributed by atoms with Crippen LogP contribution in [0.15, 0.2) is 48.7 Å². The molecule has 1 N–H and O–H groups in total. The molecule has 0 saturated heterocycles. The molecule has 0 aliphatic carbocycles. The second-order valence-corrected chi connectivity index (χ2v) is 9.16. The van der Waals surface area contributed by atoms with Gasteiger partial charge in [-0.1, -0.05) is 29.8 Å². The number of carbonyl (C=O) groups excluding carboxylic acids is 1. The summed E-state index contributed by atoms with van der Waals surface area (Å²) in [6.07, 6.45) is 4.71. The van der Waals surface area contributed by atoms with Crippen molar-refractivity contribution in [3.8, 4) is 10.6 Å². The van der Waals surface area contributed by atoms with Crippen LogP contribution in [0.4, 0.5) is 0 Å². The fourth-order valence-electron chi connectivity index (χ4n) is 3.17. The first-order chi connectivity index (χ1) is 14.6. The number of carbonyl (C=O) groups is 1. The van der Waals surface area contributed by atoms with E-state index in [-0.39, 0.29) is 11.9 Å². The van der Waals surface area contributed by atoms with E-state index in [1.807, 2.05) is 66.2 Å². The number of thiazole rings is 1. The molecule has 3 aromatic heterocycles. The number of aromatic nitrogens is 4. The highest BCUT2D eigenvalue weighted by Crippen LogP contribution is 2.30. The zero-order chi connectivity index (χ0) is 21.1. The Morgan fingerprint density at radius 1 is 1.27 bits per heavy atom. The van der Waals surface area contributed by atoms with Crippen LogP contribution in [0, 0.1) is 6.92 Å². The van der Waals surface area contributed by atoms with Gasteiger partial charge in [-0.05, 0) is 49.6 Å². The van der Waals surface area contributed by atoms with Gasteiger partial charge in [-0.3, -0.25) is 9.20 Å². The Kier molecular flexibility index (Phi) is 6.36.